The normalized spacial score (nSPS) is 23.6. The zero-order chi connectivity index (χ0) is 16.9. The van der Waals surface area contributed by atoms with E-state index in [9.17, 15) is 14.7 Å². The molecule has 1 amide bonds. The first-order valence-electron chi connectivity index (χ1n) is 7.61. The Labute approximate surface area is 135 Å². The van der Waals surface area contributed by atoms with Gasteiger partial charge in [0.1, 0.15) is 11.6 Å². The third-order valence-electron chi connectivity index (χ3n) is 3.95. The Bertz CT molecular complexity index is 588. The maximum absolute atomic E-state index is 12.4. The first-order valence-corrected chi connectivity index (χ1v) is 7.61. The average Bonchev–Trinajstić information content (AvgIpc) is 2.54. The Kier molecular flexibility index (Phi) is 5.39. The van der Waals surface area contributed by atoms with Crippen LogP contribution in [0.2, 0.25) is 0 Å². The lowest BCUT2D eigenvalue weighted by Crippen LogP contribution is -2.61. The standard InChI is InChI=1S/C17H22N2O4/c1-3-23-15(20)17(2)10-7-11-19(16(21)22)14(17)18-12-13-8-5-4-6-9-13/h4-10,14,18H,3,11-12H2,1-2H3,(H,21,22). The molecule has 0 aliphatic carbocycles. The third kappa shape index (κ3) is 3.71. The molecule has 0 fully saturated rings. The van der Waals surface area contributed by atoms with Crippen LogP contribution in [0, 0.1) is 5.41 Å². The minimum atomic E-state index is -1.07. The molecule has 2 N–H and O–H groups in total. The number of rotatable bonds is 5. The van der Waals surface area contributed by atoms with Gasteiger partial charge >= 0.3 is 12.1 Å². The molecule has 0 radical (unpaired) electrons. The molecule has 0 spiro atoms. The minimum Gasteiger partial charge on any atom is -0.465 e. The topological polar surface area (TPSA) is 78.9 Å². The molecule has 1 heterocycles. The van der Waals surface area contributed by atoms with Gasteiger partial charge in [0.15, 0.2) is 0 Å². The molecular weight excluding hydrogens is 296 g/mol. The first kappa shape index (κ1) is 17.0. The van der Waals surface area contributed by atoms with Crippen LogP contribution in [0.25, 0.3) is 0 Å². The number of hydrogen-bond acceptors (Lipinski definition) is 4. The van der Waals surface area contributed by atoms with Crippen molar-refractivity contribution in [2.24, 2.45) is 5.41 Å². The van der Waals surface area contributed by atoms with Crippen molar-refractivity contribution in [3.05, 3.63) is 48.0 Å². The number of benzene rings is 1. The van der Waals surface area contributed by atoms with E-state index in [4.69, 9.17) is 4.74 Å². The second kappa shape index (κ2) is 7.28. The van der Waals surface area contributed by atoms with Crippen LogP contribution < -0.4 is 5.32 Å². The first-order chi connectivity index (χ1) is 11.0. The number of esters is 1. The van der Waals surface area contributed by atoms with Crippen molar-refractivity contribution in [2.45, 2.75) is 26.6 Å². The summed E-state index contributed by atoms with van der Waals surface area (Å²) in [5.74, 6) is -0.437. The Hall–Kier alpha value is -2.34. The van der Waals surface area contributed by atoms with Gasteiger partial charge in [-0.15, -0.1) is 0 Å². The van der Waals surface area contributed by atoms with Crippen LogP contribution in [-0.2, 0) is 16.1 Å². The lowest BCUT2D eigenvalue weighted by molar-refractivity contribution is -0.156. The molecule has 2 unspecified atom stereocenters. The van der Waals surface area contributed by atoms with E-state index < -0.39 is 23.6 Å². The summed E-state index contributed by atoms with van der Waals surface area (Å²) >= 11 is 0. The predicted molar refractivity (Wildman–Crippen MR) is 85.7 cm³/mol. The SMILES string of the molecule is CCOC(=O)C1(C)C=CCN(C(=O)O)C1NCc1ccccc1. The van der Waals surface area contributed by atoms with Gasteiger partial charge < -0.3 is 9.84 Å². The van der Waals surface area contributed by atoms with Gasteiger partial charge in [0.2, 0.25) is 0 Å². The largest absolute Gasteiger partial charge is 0.465 e. The van der Waals surface area contributed by atoms with E-state index in [2.05, 4.69) is 5.32 Å². The molecule has 6 heteroatoms. The lowest BCUT2D eigenvalue weighted by Gasteiger charge is -2.42. The van der Waals surface area contributed by atoms with Gasteiger partial charge in [-0.1, -0.05) is 42.5 Å². The van der Waals surface area contributed by atoms with Crippen molar-refractivity contribution in [1.29, 1.82) is 0 Å². The molecule has 1 aromatic rings. The van der Waals surface area contributed by atoms with Crippen molar-refractivity contribution in [3.63, 3.8) is 0 Å². The summed E-state index contributed by atoms with van der Waals surface area (Å²) in [6.07, 6.45) is 1.65. The second-order valence-electron chi connectivity index (χ2n) is 5.61. The van der Waals surface area contributed by atoms with Crippen LogP contribution in [0.3, 0.4) is 0 Å². The lowest BCUT2D eigenvalue weighted by atomic mass is 9.83. The van der Waals surface area contributed by atoms with E-state index in [1.165, 1.54) is 4.90 Å². The van der Waals surface area contributed by atoms with E-state index in [0.717, 1.165) is 5.56 Å². The van der Waals surface area contributed by atoms with Crippen LogP contribution in [0.15, 0.2) is 42.5 Å². The zero-order valence-corrected chi connectivity index (χ0v) is 13.4. The molecule has 2 atom stereocenters. The van der Waals surface area contributed by atoms with Crippen LogP contribution >= 0.6 is 0 Å². The van der Waals surface area contributed by atoms with Crippen molar-refractivity contribution >= 4 is 12.1 Å². The summed E-state index contributed by atoms with van der Waals surface area (Å²) in [6.45, 7) is 4.37. The van der Waals surface area contributed by atoms with E-state index in [0.29, 0.717) is 6.54 Å². The summed E-state index contributed by atoms with van der Waals surface area (Å²) in [7, 11) is 0. The summed E-state index contributed by atoms with van der Waals surface area (Å²) in [5.41, 5.74) is -0.0554. The fourth-order valence-corrected chi connectivity index (χ4v) is 2.72. The van der Waals surface area contributed by atoms with Crippen LogP contribution in [0.1, 0.15) is 19.4 Å². The van der Waals surface area contributed by atoms with Crippen molar-refractivity contribution in [1.82, 2.24) is 10.2 Å². The molecular formula is C17H22N2O4. The Balaban J connectivity index is 2.24. The smallest absolute Gasteiger partial charge is 0.408 e. The summed E-state index contributed by atoms with van der Waals surface area (Å²) in [5, 5.41) is 12.6. The van der Waals surface area contributed by atoms with Crippen LogP contribution in [-0.4, -0.2) is 41.4 Å². The van der Waals surface area contributed by atoms with E-state index in [-0.39, 0.29) is 13.2 Å². The van der Waals surface area contributed by atoms with Gasteiger partial charge in [0.25, 0.3) is 0 Å². The Morgan fingerprint density at radius 2 is 2.09 bits per heavy atom. The number of amides is 1. The zero-order valence-electron chi connectivity index (χ0n) is 13.4. The van der Waals surface area contributed by atoms with Crippen molar-refractivity contribution in [3.8, 4) is 0 Å². The Morgan fingerprint density at radius 1 is 1.39 bits per heavy atom. The molecule has 2 rings (SSSR count). The summed E-state index contributed by atoms with van der Waals surface area (Å²) in [4.78, 5) is 25.1. The van der Waals surface area contributed by atoms with Gasteiger partial charge in [-0.25, -0.2) is 4.79 Å². The minimum absolute atomic E-state index is 0.233. The van der Waals surface area contributed by atoms with Gasteiger partial charge in [-0.3, -0.25) is 15.0 Å². The van der Waals surface area contributed by atoms with Gasteiger partial charge in [-0.2, -0.15) is 0 Å². The number of hydrogen-bond donors (Lipinski definition) is 2. The molecule has 1 aliphatic heterocycles. The molecule has 0 bridgehead atoms. The fraction of sp³-hybridized carbons (Fsp3) is 0.412. The highest BCUT2D eigenvalue weighted by Crippen LogP contribution is 2.31. The summed E-state index contributed by atoms with van der Waals surface area (Å²) < 4.78 is 5.14. The van der Waals surface area contributed by atoms with Gasteiger partial charge in [-0.05, 0) is 19.4 Å². The number of carboxylic acid groups (broad SMARTS) is 1. The number of ether oxygens (including phenoxy) is 1. The van der Waals surface area contributed by atoms with E-state index >= 15 is 0 Å². The summed E-state index contributed by atoms with van der Waals surface area (Å²) in [6, 6.07) is 9.63. The second-order valence-corrected chi connectivity index (χ2v) is 5.61. The van der Waals surface area contributed by atoms with Crippen LogP contribution in [0.5, 0.6) is 0 Å². The predicted octanol–water partition coefficient (Wildman–Crippen LogP) is 2.22. The quantitative estimate of drug-likeness (QED) is 0.643. The molecule has 1 aromatic carbocycles. The molecule has 23 heavy (non-hydrogen) atoms. The number of carbonyl (C=O) groups excluding carboxylic acids is 1. The average molecular weight is 318 g/mol. The van der Waals surface area contributed by atoms with Crippen molar-refractivity contribution in [2.75, 3.05) is 13.2 Å². The third-order valence-corrected chi connectivity index (χ3v) is 3.95. The molecule has 1 aliphatic rings. The monoisotopic (exact) mass is 318 g/mol. The molecule has 0 saturated heterocycles. The fourth-order valence-electron chi connectivity index (χ4n) is 2.72. The number of nitrogens with one attached hydrogen (secondary N) is 1. The van der Waals surface area contributed by atoms with Crippen molar-refractivity contribution < 1.29 is 19.4 Å². The molecule has 124 valence electrons. The maximum atomic E-state index is 12.4. The highest BCUT2D eigenvalue weighted by molar-refractivity contribution is 5.81. The Morgan fingerprint density at radius 3 is 2.70 bits per heavy atom. The van der Waals surface area contributed by atoms with E-state index in [1.54, 1.807) is 26.0 Å². The van der Waals surface area contributed by atoms with Gasteiger partial charge in [0, 0.05) is 13.1 Å². The molecule has 6 nitrogen and oxygen atoms in total. The number of carbonyl (C=O) groups is 2. The maximum Gasteiger partial charge on any atom is 0.408 e. The molecule has 0 saturated carbocycles. The van der Waals surface area contributed by atoms with Gasteiger partial charge in [0.05, 0.1) is 6.61 Å². The van der Waals surface area contributed by atoms with E-state index in [1.807, 2.05) is 30.3 Å². The highest BCUT2D eigenvalue weighted by atomic mass is 16.5. The highest BCUT2D eigenvalue weighted by Gasteiger charge is 2.47. The number of nitrogens with zero attached hydrogens (tertiary/aromatic N) is 1. The molecule has 0 aromatic heterocycles. The van der Waals surface area contributed by atoms with Crippen LogP contribution in [0.4, 0.5) is 4.79 Å².